The molecule has 114 valence electrons. The summed E-state index contributed by atoms with van der Waals surface area (Å²) in [5.74, 6) is -1.16. The molecule has 1 unspecified atom stereocenters. The number of esters is 2. The van der Waals surface area contributed by atoms with Crippen LogP contribution in [0.25, 0.3) is 0 Å². The fourth-order valence-corrected chi connectivity index (χ4v) is 1.22. The quantitative estimate of drug-likeness (QED) is 0.287. The van der Waals surface area contributed by atoms with Crippen LogP contribution >= 0.6 is 0 Å². The van der Waals surface area contributed by atoms with Gasteiger partial charge in [-0.25, -0.2) is 9.59 Å². The van der Waals surface area contributed by atoms with E-state index in [1.165, 1.54) is 12.2 Å². The molecular formula is C15H25NO4. The number of hydrogen-bond acceptors (Lipinski definition) is 5. The molecule has 0 aliphatic carbocycles. The number of carbonyl (C=O) groups excluding carboxylic acids is 2. The van der Waals surface area contributed by atoms with Gasteiger partial charge in [0, 0.05) is 6.08 Å². The Balaban J connectivity index is 4.44. The molecule has 0 saturated carbocycles. The fraction of sp³-hybridized carbons (Fsp3) is 0.600. The van der Waals surface area contributed by atoms with Crippen molar-refractivity contribution in [2.75, 3.05) is 13.2 Å². The van der Waals surface area contributed by atoms with Crippen molar-refractivity contribution in [3.8, 4) is 0 Å². The first-order chi connectivity index (χ1) is 9.50. The average Bonchev–Trinajstić information content (AvgIpc) is 2.45. The molecule has 2 N–H and O–H groups in total. The molecule has 0 aliphatic rings. The number of hydrogen-bond donors (Lipinski definition) is 1. The second-order valence-electron chi connectivity index (χ2n) is 4.48. The van der Waals surface area contributed by atoms with Gasteiger partial charge in [0.1, 0.15) is 0 Å². The lowest BCUT2D eigenvalue weighted by molar-refractivity contribution is -0.146. The SMILES string of the molecule is C=CC(N)(/C=C/C(=O)OCCCC)C(=O)OCCCC. The van der Waals surface area contributed by atoms with Crippen molar-refractivity contribution >= 4 is 11.9 Å². The van der Waals surface area contributed by atoms with Gasteiger partial charge in [0.05, 0.1) is 13.2 Å². The summed E-state index contributed by atoms with van der Waals surface area (Å²) in [7, 11) is 0. The highest BCUT2D eigenvalue weighted by atomic mass is 16.5. The maximum Gasteiger partial charge on any atom is 0.334 e. The molecule has 5 nitrogen and oxygen atoms in total. The van der Waals surface area contributed by atoms with E-state index in [0.717, 1.165) is 31.8 Å². The van der Waals surface area contributed by atoms with Crippen molar-refractivity contribution in [2.24, 2.45) is 5.73 Å². The maximum atomic E-state index is 11.8. The van der Waals surface area contributed by atoms with Crippen molar-refractivity contribution in [1.82, 2.24) is 0 Å². The van der Waals surface area contributed by atoms with Crippen LogP contribution < -0.4 is 5.73 Å². The molecule has 0 aromatic carbocycles. The first-order valence-electron chi connectivity index (χ1n) is 6.95. The summed E-state index contributed by atoms with van der Waals surface area (Å²) in [6.45, 7) is 8.15. The number of nitrogens with two attached hydrogens (primary N) is 1. The van der Waals surface area contributed by atoms with E-state index >= 15 is 0 Å². The molecule has 0 aromatic rings. The monoisotopic (exact) mass is 283 g/mol. The summed E-state index contributed by atoms with van der Waals surface area (Å²) in [6.07, 6.45) is 7.06. The maximum absolute atomic E-state index is 11.8. The van der Waals surface area contributed by atoms with Crippen molar-refractivity contribution in [3.05, 3.63) is 24.8 Å². The molecule has 1 atom stereocenters. The molecule has 0 rings (SSSR count). The molecule has 0 heterocycles. The van der Waals surface area contributed by atoms with Crippen LogP contribution in [0.15, 0.2) is 24.8 Å². The number of rotatable bonds is 10. The summed E-state index contributed by atoms with van der Waals surface area (Å²) >= 11 is 0. The highest BCUT2D eigenvalue weighted by Crippen LogP contribution is 2.08. The van der Waals surface area contributed by atoms with Crippen molar-refractivity contribution in [2.45, 2.75) is 45.1 Å². The fourth-order valence-electron chi connectivity index (χ4n) is 1.22. The molecular weight excluding hydrogens is 258 g/mol. The largest absolute Gasteiger partial charge is 0.464 e. The lowest BCUT2D eigenvalue weighted by Gasteiger charge is -2.19. The number of ether oxygens (including phenoxy) is 2. The molecule has 0 aromatic heterocycles. The lowest BCUT2D eigenvalue weighted by Crippen LogP contribution is -2.45. The van der Waals surface area contributed by atoms with E-state index in [9.17, 15) is 9.59 Å². The molecule has 0 aliphatic heterocycles. The van der Waals surface area contributed by atoms with Gasteiger partial charge < -0.3 is 15.2 Å². The van der Waals surface area contributed by atoms with Crippen LogP contribution in [0, 0.1) is 0 Å². The van der Waals surface area contributed by atoms with Gasteiger partial charge in [-0.2, -0.15) is 0 Å². The minimum absolute atomic E-state index is 0.302. The van der Waals surface area contributed by atoms with Crippen LogP contribution in [0.3, 0.4) is 0 Å². The summed E-state index contributed by atoms with van der Waals surface area (Å²) < 4.78 is 9.96. The van der Waals surface area contributed by atoms with Crippen LogP contribution in [0.4, 0.5) is 0 Å². The molecule has 0 amide bonds. The van der Waals surface area contributed by atoms with E-state index in [-0.39, 0.29) is 0 Å². The van der Waals surface area contributed by atoms with Crippen molar-refractivity contribution in [3.63, 3.8) is 0 Å². The Labute approximate surface area is 120 Å². The van der Waals surface area contributed by atoms with Crippen LogP contribution in [0.1, 0.15) is 39.5 Å². The zero-order chi connectivity index (χ0) is 15.4. The predicted octanol–water partition coefficient (Wildman–Crippen LogP) is 2.11. The third-order valence-electron chi connectivity index (χ3n) is 2.66. The third kappa shape index (κ3) is 7.09. The predicted molar refractivity (Wildman–Crippen MR) is 78.0 cm³/mol. The van der Waals surface area contributed by atoms with Gasteiger partial charge in [0.15, 0.2) is 5.54 Å². The molecule has 20 heavy (non-hydrogen) atoms. The molecule has 0 fully saturated rings. The van der Waals surface area contributed by atoms with E-state index in [1.54, 1.807) is 0 Å². The third-order valence-corrected chi connectivity index (χ3v) is 2.66. The molecule has 0 spiro atoms. The van der Waals surface area contributed by atoms with Crippen molar-refractivity contribution in [1.29, 1.82) is 0 Å². The molecule has 5 heteroatoms. The van der Waals surface area contributed by atoms with Gasteiger partial charge in [-0.1, -0.05) is 32.8 Å². The second kappa shape index (κ2) is 10.2. The summed E-state index contributed by atoms with van der Waals surface area (Å²) in [4.78, 5) is 23.2. The minimum Gasteiger partial charge on any atom is -0.464 e. The minimum atomic E-state index is -1.50. The standard InChI is InChI=1S/C15H25NO4/c1-4-7-11-19-13(17)9-10-15(16,6-3)14(18)20-12-8-5-2/h6,9-10H,3-5,7-8,11-12,16H2,1-2H3/b10-9+. The average molecular weight is 283 g/mol. The van der Waals surface area contributed by atoms with Gasteiger partial charge in [0.25, 0.3) is 0 Å². The smallest absolute Gasteiger partial charge is 0.334 e. The Hall–Kier alpha value is -1.62. The summed E-state index contributed by atoms with van der Waals surface area (Å²) in [5.41, 5.74) is 4.34. The second-order valence-corrected chi connectivity index (χ2v) is 4.48. The normalized spacial score (nSPS) is 13.8. The highest BCUT2D eigenvalue weighted by molar-refractivity contribution is 5.89. The number of carbonyl (C=O) groups is 2. The zero-order valence-electron chi connectivity index (χ0n) is 12.4. The Kier molecular flexibility index (Phi) is 9.38. The van der Waals surface area contributed by atoms with E-state index in [1.807, 2.05) is 13.8 Å². The van der Waals surface area contributed by atoms with Crippen molar-refractivity contribution < 1.29 is 19.1 Å². The topological polar surface area (TPSA) is 78.6 Å². The highest BCUT2D eigenvalue weighted by Gasteiger charge is 2.29. The Morgan fingerprint density at radius 3 is 2.20 bits per heavy atom. The molecule has 0 bridgehead atoms. The summed E-state index contributed by atoms with van der Waals surface area (Å²) in [6, 6.07) is 0. The lowest BCUT2D eigenvalue weighted by atomic mass is 10.0. The van der Waals surface area contributed by atoms with Gasteiger partial charge in [-0.3, -0.25) is 0 Å². The molecule has 0 saturated heterocycles. The van der Waals surface area contributed by atoms with Crippen LogP contribution in [0.2, 0.25) is 0 Å². The van der Waals surface area contributed by atoms with E-state index in [4.69, 9.17) is 15.2 Å². The van der Waals surface area contributed by atoms with E-state index < -0.39 is 17.5 Å². The van der Waals surface area contributed by atoms with Gasteiger partial charge >= 0.3 is 11.9 Å². The first-order valence-corrected chi connectivity index (χ1v) is 6.95. The van der Waals surface area contributed by atoms with Crippen LogP contribution in [0.5, 0.6) is 0 Å². The van der Waals surface area contributed by atoms with Crippen LogP contribution in [-0.4, -0.2) is 30.7 Å². The first kappa shape index (κ1) is 18.4. The summed E-state index contributed by atoms with van der Waals surface area (Å²) in [5, 5.41) is 0. The van der Waals surface area contributed by atoms with E-state index in [0.29, 0.717) is 13.2 Å². The van der Waals surface area contributed by atoms with Gasteiger partial charge in [0.2, 0.25) is 0 Å². The van der Waals surface area contributed by atoms with E-state index in [2.05, 4.69) is 6.58 Å². The Morgan fingerprint density at radius 2 is 1.70 bits per heavy atom. The van der Waals surface area contributed by atoms with Gasteiger partial charge in [-0.05, 0) is 18.9 Å². The Bertz CT molecular complexity index is 352. The van der Waals surface area contributed by atoms with Gasteiger partial charge in [-0.15, -0.1) is 6.58 Å². The number of unbranched alkanes of at least 4 members (excludes halogenated alkanes) is 2. The zero-order valence-corrected chi connectivity index (χ0v) is 12.4. The molecule has 0 radical (unpaired) electrons. The van der Waals surface area contributed by atoms with Crippen LogP contribution in [-0.2, 0) is 19.1 Å². The Morgan fingerprint density at radius 1 is 1.15 bits per heavy atom.